The van der Waals surface area contributed by atoms with E-state index in [4.69, 9.17) is 4.74 Å². The predicted molar refractivity (Wildman–Crippen MR) is 90.9 cm³/mol. The first-order chi connectivity index (χ1) is 12.8. The van der Waals surface area contributed by atoms with Crippen LogP contribution in [-0.4, -0.2) is 48.5 Å². The number of nitrogens with zero attached hydrogens (tertiary/aromatic N) is 3. The maximum absolute atomic E-state index is 12.4. The number of anilines is 2. The number of hydrogen-bond donors (Lipinski definition) is 1. The molecule has 1 aromatic carbocycles. The van der Waals surface area contributed by atoms with Gasteiger partial charge in [-0.2, -0.15) is 0 Å². The maximum atomic E-state index is 12.4. The van der Waals surface area contributed by atoms with Crippen molar-refractivity contribution in [3.63, 3.8) is 0 Å². The Hall–Kier alpha value is -2.88. The lowest BCUT2D eigenvalue weighted by atomic mass is 10.2. The summed E-state index contributed by atoms with van der Waals surface area (Å²) in [5.41, 5.74) is 0.860. The minimum absolute atomic E-state index is 0.165. The Morgan fingerprint density at radius 1 is 1.30 bits per heavy atom. The van der Waals surface area contributed by atoms with Crippen LogP contribution in [-0.2, 0) is 4.74 Å². The lowest BCUT2D eigenvalue weighted by molar-refractivity contribution is -0.274. The molecule has 0 bridgehead atoms. The van der Waals surface area contributed by atoms with Crippen molar-refractivity contribution in [2.45, 2.75) is 13.3 Å². The highest BCUT2D eigenvalue weighted by molar-refractivity contribution is 6.04. The second kappa shape index (κ2) is 7.78. The number of aryl methyl sites for hydroxylation is 1. The SMILES string of the molecule is Cc1nc(N2CCOCC2)ncc1C(=O)Nc1cccc(OC(F)(F)F)c1. The Balaban J connectivity index is 1.71. The van der Waals surface area contributed by atoms with Crippen molar-refractivity contribution in [3.8, 4) is 5.75 Å². The largest absolute Gasteiger partial charge is 0.573 e. The van der Waals surface area contributed by atoms with Gasteiger partial charge in [-0.15, -0.1) is 13.2 Å². The molecule has 10 heteroatoms. The third kappa shape index (κ3) is 5.07. The molecule has 0 radical (unpaired) electrons. The number of amides is 1. The third-order valence-electron chi connectivity index (χ3n) is 3.83. The Labute approximate surface area is 153 Å². The fourth-order valence-corrected chi connectivity index (χ4v) is 2.56. The first-order valence-corrected chi connectivity index (χ1v) is 8.15. The van der Waals surface area contributed by atoms with E-state index in [1.807, 2.05) is 4.90 Å². The van der Waals surface area contributed by atoms with Crippen molar-refractivity contribution < 1.29 is 27.4 Å². The van der Waals surface area contributed by atoms with E-state index < -0.39 is 18.0 Å². The van der Waals surface area contributed by atoms with E-state index in [0.29, 0.717) is 37.9 Å². The summed E-state index contributed by atoms with van der Waals surface area (Å²) in [7, 11) is 0. The van der Waals surface area contributed by atoms with E-state index in [9.17, 15) is 18.0 Å². The van der Waals surface area contributed by atoms with E-state index in [2.05, 4.69) is 20.0 Å². The fourth-order valence-electron chi connectivity index (χ4n) is 2.56. The molecule has 27 heavy (non-hydrogen) atoms. The van der Waals surface area contributed by atoms with Gasteiger partial charge < -0.3 is 19.7 Å². The zero-order valence-electron chi connectivity index (χ0n) is 14.4. The number of morpholine rings is 1. The molecule has 0 aliphatic carbocycles. The molecular formula is C17H17F3N4O3. The molecule has 1 amide bonds. The number of halogens is 3. The van der Waals surface area contributed by atoms with Crippen LogP contribution in [0.5, 0.6) is 5.75 Å². The Morgan fingerprint density at radius 3 is 2.70 bits per heavy atom. The summed E-state index contributed by atoms with van der Waals surface area (Å²) < 4.78 is 46.0. The maximum Gasteiger partial charge on any atom is 0.573 e. The van der Waals surface area contributed by atoms with Crippen LogP contribution in [0, 0.1) is 6.92 Å². The highest BCUT2D eigenvalue weighted by Gasteiger charge is 2.31. The Bertz CT molecular complexity index is 823. The Morgan fingerprint density at radius 2 is 2.04 bits per heavy atom. The number of benzene rings is 1. The van der Waals surface area contributed by atoms with Gasteiger partial charge in [0.15, 0.2) is 0 Å². The summed E-state index contributed by atoms with van der Waals surface area (Å²) in [6.45, 7) is 4.17. The summed E-state index contributed by atoms with van der Waals surface area (Å²) in [5.74, 6) is -0.436. The van der Waals surface area contributed by atoms with E-state index in [0.717, 1.165) is 12.1 Å². The summed E-state index contributed by atoms with van der Waals surface area (Å²) >= 11 is 0. The van der Waals surface area contributed by atoms with Gasteiger partial charge in [0.25, 0.3) is 5.91 Å². The first kappa shape index (κ1) is 18.9. The zero-order valence-corrected chi connectivity index (χ0v) is 14.4. The molecule has 3 rings (SSSR count). The summed E-state index contributed by atoms with van der Waals surface area (Å²) in [6.07, 6.45) is -3.40. The fraction of sp³-hybridized carbons (Fsp3) is 0.353. The first-order valence-electron chi connectivity index (χ1n) is 8.15. The van der Waals surface area contributed by atoms with Gasteiger partial charge in [-0.3, -0.25) is 4.79 Å². The zero-order chi connectivity index (χ0) is 19.4. The monoisotopic (exact) mass is 382 g/mol. The number of nitrogens with one attached hydrogen (secondary N) is 1. The number of aromatic nitrogens is 2. The number of carbonyl (C=O) groups excluding carboxylic acids is 1. The van der Waals surface area contributed by atoms with Crippen molar-refractivity contribution in [1.29, 1.82) is 0 Å². The molecule has 2 heterocycles. The smallest absolute Gasteiger partial charge is 0.406 e. The van der Waals surface area contributed by atoms with Gasteiger partial charge >= 0.3 is 6.36 Å². The summed E-state index contributed by atoms with van der Waals surface area (Å²) in [4.78, 5) is 23.0. The van der Waals surface area contributed by atoms with Crippen molar-refractivity contribution in [2.24, 2.45) is 0 Å². The highest BCUT2D eigenvalue weighted by Crippen LogP contribution is 2.25. The molecule has 0 spiro atoms. The minimum Gasteiger partial charge on any atom is -0.406 e. The van der Waals surface area contributed by atoms with Gasteiger partial charge in [0, 0.05) is 31.0 Å². The molecule has 1 aromatic heterocycles. The van der Waals surface area contributed by atoms with E-state index in [1.165, 1.54) is 18.3 Å². The van der Waals surface area contributed by atoms with Crippen LogP contribution in [0.2, 0.25) is 0 Å². The van der Waals surface area contributed by atoms with Crippen molar-refractivity contribution in [3.05, 3.63) is 41.7 Å². The van der Waals surface area contributed by atoms with Crippen LogP contribution in [0.15, 0.2) is 30.5 Å². The van der Waals surface area contributed by atoms with Crippen molar-refractivity contribution in [1.82, 2.24) is 9.97 Å². The molecule has 7 nitrogen and oxygen atoms in total. The van der Waals surface area contributed by atoms with Gasteiger partial charge in [-0.05, 0) is 19.1 Å². The van der Waals surface area contributed by atoms with Crippen LogP contribution in [0.4, 0.5) is 24.8 Å². The molecule has 0 saturated carbocycles. The second-order valence-electron chi connectivity index (χ2n) is 5.80. The minimum atomic E-state index is -4.80. The quantitative estimate of drug-likeness (QED) is 0.876. The van der Waals surface area contributed by atoms with Gasteiger partial charge in [0.2, 0.25) is 5.95 Å². The topological polar surface area (TPSA) is 76.6 Å². The van der Waals surface area contributed by atoms with Gasteiger partial charge in [-0.25, -0.2) is 9.97 Å². The molecule has 0 atom stereocenters. The highest BCUT2D eigenvalue weighted by atomic mass is 19.4. The number of rotatable bonds is 4. The number of carbonyl (C=O) groups is 1. The number of ether oxygens (including phenoxy) is 2. The molecule has 1 N–H and O–H groups in total. The van der Waals surface area contributed by atoms with Gasteiger partial charge in [-0.1, -0.05) is 6.07 Å². The molecular weight excluding hydrogens is 365 g/mol. The third-order valence-corrected chi connectivity index (χ3v) is 3.83. The average Bonchev–Trinajstić information content (AvgIpc) is 2.61. The molecule has 1 aliphatic heterocycles. The molecule has 144 valence electrons. The molecule has 2 aromatic rings. The second-order valence-corrected chi connectivity index (χ2v) is 5.80. The summed E-state index contributed by atoms with van der Waals surface area (Å²) in [5, 5.41) is 2.52. The van der Waals surface area contributed by atoms with Crippen molar-refractivity contribution in [2.75, 3.05) is 36.5 Å². The lowest BCUT2D eigenvalue weighted by Crippen LogP contribution is -2.37. The predicted octanol–water partition coefficient (Wildman–Crippen LogP) is 2.77. The van der Waals surface area contributed by atoms with Gasteiger partial charge in [0.05, 0.1) is 24.5 Å². The molecule has 1 fully saturated rings. The van der Waals surface area contributed by atoms with Crippen molar-refractivity contribution >= 4 is 17.5 Å². The van der Waals surface area contributed by atoms with Gasteiger partial charge in [0.1, 0.15) is 5.75 Å². The average molecular weight is 382 g/mol. The molecule has 1 aliphatic rings. The van der Waals surface area contributed by atoms with Crippen LogP contribution >= 0.6 is 0 Å². The lowest BCUT2D eigenvalue weighted by Gasteiger charge is -2.27. The van der Waals surface area contributed by atoms with Crippen LogP contribution in [0.25, 0.3) is 0 Å². The Kier molecular flexibility index (Phi) is 5.45. The van der Waals surface area contributed by atoms with Crippen LogP contribution < -0.4 is 15.0 Å². The van der Waals surface area contributed by atoms with E-state index in [1.54, 1.807) is 6.92 Å². The standard InChI is InChI=1S/C17H17F3N4O3/c1-11-14(10-21-16(22-11)24-5-7-26-8-6-24)15(25)23-12-3-2-4-13(9-12)27-17(18,19)20/h2-4,9-10H,5-8H2,1H3,(H,23,25). The molecule has 1 saturated heterocycles. The normalized spacial score (nSPS) is 14.7. The van der Waals surface area contributed by atoms with E-state index in [-0.39, 0.29) is 11.3 Å². The van der Waals surface area contributed by atoms with Crippen LogP contribution in [0.1, 0.15) is 16.1 Å². The number of alkyl halides is 3. The number of hydrogen-bond acceptors (Lipinski definition) is 6. The van der Waals surface area contributed by atoms with Crippen LogP contribution in [0.3, 0.4) is 0 Å². The van der Waals surface area contributed by atoms with E-state index >= 15 is 0 Å². The molecule has 0 unspecified atom stereocenters. The summed E-state index contributed by atoms with van der Waals surface area (Å²) in [6, 6.07) is 5.04.